The fraction of sp³-hybridized carbons (Fsp3) is 0. The Hall–Kier alpha value is -1.29. The van der Waals surface area contributed by atoms with E-state index in [2.05, 4.69) is 21.0 Å². The summed E-state index contributed by atoms with van der Waals surface area (Å²) < 4.78 is 2.76. The van der Waals surface area contributed by atoms with Crippen molar-refractivity contribution in [3.63, 3.8) is 0 Å². The van der Waals surface area contributed by atoms with E-state index in [0.29, 0.717) is 5.69 Å². The van der Waals surface area contributed by atoms with Crippen molar-refractivity contribution in [2.45, 2.75) is 0 Å². The van der Waals surface area contributed by atoms with Crippen LogP contribution in [0.15, 0.2) is 41.1 Å². The lowest BCUT2D eigenvalue weighted by atomic mass is 10.3. The summed E-state index contributed by atoms with van der Waals surface area (Å²) in [7, 11) is 0. The lowest BCUT2D eigenvalue weighted by Crippen LogP contribution is -1.93. The highest BCUT2D eigenvalue weighted by atomic mass is 79.9. The number of benzene rings is 1. The molecule has 0 atom stereocenters. The van der Waals surface area contributed by atoms with Crippen molar-refractivity contribution in [2.24, 2.45) is 0 Å². The molecule has 0 fully saturated rings. The predicted molar refractivity (Wildman–Crippen MR) is 55.7 cm³/mol. The first-order chi connectivity index (χ1) is 6.25. The van der Waals surface area contributed by atoms with Gasteiger partial charge < -0.3 is 5.73 Å². The summed E-state index contributed by atoms with van der Waals surface area (Å²) in [5, 5.41) is 4.10. The molecule has 2 aromatic rings. The Kier molecular flexibility index (Phi) is 2.06. The van der Waals surface area contributed by atoms with Gasteiger partial charge in [-0.05, 0) is 18.2 Å². The van der Waals surface area contributed by atoms with Gasteiger partial charge in [-0.1, -0.05) is 22.0 Å². The maximum Gasteiger partial charge on any atom is 0.0724 e. The van der Waals surface area contributed by atoms with Crippen LogP contribution in [0.4, 0.5) is 5.69 Å². The van der Waals surface area contributed by atoms with Crippen LogP contribution in [0.25, 0.3) is 5.69 Å². The third kappa shape index (κ3) is 1.72. The van der Waals surface area contributed by atoms with E-state index in [-0.39, 0.29) is 0 Å². The van der Waals surface area contributed by atoms with E-state index in [1.165, 1.54) is 0 Å². The number of hydrogen-bond donors (Lipinski definition) is 1. The highest BCUT2D eigenvalue weighted by Gasteiger charge is 1.97. The minimum Gasteiger partial charge on any atom is -0.396 e. The molecule has 0 bridgehead atoms. The van der Waals surface area contributed by atoms with E-state index in [4.69, 9.17) is 5.73 Å². The molecule has 0 radical (unpaired) electrons. The van der Waals surface area contributed by atoms with E-state index in [1.54, 1.807) is 17.1 Å². The van der Waals surface area contributed by atoms with Crippen molar-refractivity contribution in [3.05, 3.63) is 41.1 Å². The summed E-state index contributed by atoms with van der Waals surface area (Å²) in [4.78, 5) is 0. The van der Waals surface area contributed by atoms with Gasteiger partial charge in [-0.2, -0.15) is 5.10 Å². The molecule has 13 heavy (non-hydrogen) atoms. The summed E-state index contributed by atoms with van der Waals surface area (Å²) >= 11 is 3.39. The lowest BCUT2D eigenvalue weighted by molar-refractivity contribution is 0.880. The van der Waals surface area contributed by atoms with Crippen molar-refractivity contribution in [3.8, 4) is 5.69 Å². The summed E-state index contributed by atoms with van der Waals surface area (Å²) in [6.07, 6.45) is 3.41. The fourth-order valence-corrected chi connectivity index (χ4v) is 1.48. The maximum atomic E-state index is 5.56. The number of aromatic nitrogens is 2. The van der Waals surface area contributed by atoms with Gasteiger partial charge in [0.15, 0.2) is 0 Å². The van der Waals surface area contributed by atoms with Crippen molar-refractivity contribution >= 4 is 21.6 Å². The average molecular weight is 238 g/mol. The van der Waals surface area contributed by atoms with Crippen LogP contribution in [0.5, 0.6) is 0 Å². The number of hydrogen-bond acceptors (Lipinski definition) is 2. The Morgan fingerprint density at radius 3 is 2.85 bits per heavy atom. The SMILES string of the molecule is Nc1cnn(-c2cccc(Br)c2)c1. The number of halogens is 1. The smallest absolute Gasteiger partial charge is 0.0724 e. The third-order valence-corrected chi connectivity index (χ3v) is 2.17. The first-order valence-corrected chi connectivity index (χ1v) is 4.61. The van der Waals surface area contributed by atoms with Crippen LogP contribution in [0.3, 0.4) is 0 Å². The van der Waals surface area contributed by atoms with Crippen molar-refractivity contribution in [2.75, 3.05) is 5.73 Å². The molecule has 0 saturated heterocycles. The Bertz CT molecular complexity index is 422. The Balaban J connectivity index is 2.46. The van der Waals surface area contributed by atoms with Gasteiger partial charge in [0.05, 0.1) is 23.8 Å². The van der Waals surface area contributed by atoms with Crippen LogP contribution in [0.1, 0.15) is 0 Å². The topological polar surface area (TPSA) is 43.8 Å². The summed E-state index contributed by atoms with van der Waals surface area (Å²) in [5.41, 5.74) is 7.22. The molecular weight excluding hydrogens is 230 g/mol. The van der Waals surface area contributed by atoms with Gasteiger partial charge in [0.2, 0.25) is 0 Å². The fourth-order valence-electron chi connectivity index (χ4n) is 1.10. The van der Waals surface area contributed by atoms with Crippen LogP contribution in [0, 0.1) is 0 Å². The van der Waals surface area contributed by atoms with Gasteiger partial charge in [-0.3, -0.25) is 0 Å². The molecule has 0 unspecified atom stereocenters. The Morgan fingerprint density at radius 2 is 2.23 bits per heavy atom. The van der Waals surface area contributed by atoms with Crippen LogP contribution in [-0.2, 0) is 0 Å². The molecule has 0 aliphatic heterocycles. The summed E-state index contributed by atoms with van der Waals surface area (Å²) in [5.74, 6) is 0. The Labute approximate surface area is 84.3 Å². The molecule has 1 heterocycles. The maximum absolute atomic E-state index is 5.56. The van der Waals surface area contributed by atoms with Crippen LogP contribution in [0.2, 0.25) is 0 Å². The van der Waals surface area contributed by atoms with Crippen molar-refractivity contribution in [1.29, 1.82) is 0 Å². The largest absolute Gasteiger partial charge is 0.396 e. The second-order valence-corrected chi connectivity index (χ2v) is 3.61. The lowest BCUT2D eigenvalue weighted by Gasteiger charge is -2.00. The van der Waals surface area contributed by atoms with Gasteiger partial charge in [-0.15, -0.1) is 0 Å². The average Bonchev–Trinajstić information content (AvgIpc) is 2.52. The number of anilines is 1. The van der Waals surface area contributed by atoms with E-state index < -0.39 is 0 Å². The molecule has 0 spiro atoms. The first kappa shape index (κ1) is 8.31. The molecule has 4 heteroatoms. The zero-order chi connectivity index (χ0) is 9.26. The van der Waals surface area contributed by atoms with Gasteiger partial charge in [-0.25, -0.2) is 4.68 Å². The molecule has 2 rings (SSSR count). The second-order valence-electron chi connectivity index (χ2n) is 2.70. The van der Waals surface area contributed by atoms with Gasteiger partial charge in [0, 0.05) is 4.47 Å². The zero-order valence-corrected chi connectivity index (χ0v) is 8.40. The van der Waals surface area contributed by atoms with Crippen LogP contribution < -0.4 is 5.73 Å². The van der Waals surface area contributed by atoms with Crippen molar-refractivity contribution < 1.29 is 0 Å². The van der Waals surface area contributed by atoms with E-state index >= 15 is 0 Å². The molecular formula is C9H8BrN3. The van der Waals surface area contributed by atoms with E-state index in [9.17, 15) is 0 Å². The van der Waals surface area contributed by atoms with Crippen molar-refractivity contribution in [1.82, 2.24) is 9.78 Å². The molecule has 0 aliphatic rings. The number of nitrogen functional groups attached to an aromatic ring is 1. The summed E-state index contributed by atoms with van der Waals surface area (Å²) in [6.45, 7) is 0. The van der Waals surface area contributed by atoms with E-state index in [0.717, 1.165) is 10.2 Å². The Morgan fingerprint density at radius 1 is 1.38 bits per heavy atom. The molecule has 66 valence electrons. The molecule has 2 N–H and O–H groups in total. The number of rotatable bonds is 1. The number of nitrogens with zero attached hydrogens (tertiary/aromatic N) is 2. The minimum absolute atomic E-state index is 0.667. The highest BCUT2D eigenvalue weighted by Crippen LogP contribution is 2.15. The highest BCUT2D eigenvalue weighted by molar-refractivity contribution is 9.10. The molecule has 0 aliphatic carbocycles. The minimum atomic E-state index is 0.667. The first-order valence-electron chi connectivity index (χ1n) is 3.82. The van der Waals surface area contributed by atoms with Gasteiger partial charge >= 0.3 is 0 Å². The normalized spacial score (nSPS) is 10.2. The molecule has 0 amide bonds. The summed E-state index contributed by atoms with van der Waals surface area (Å²) in [6, 6.07) is 7.87. The van der Waals surface area contributed by atoms with Gasteiger partial charge in [0.1, 0.15) is 0 Å². The van der Waals surface area contributed by atoms with E-state index in [1.807, 2.05) is 24.3 Å². The van der Waals surface area contributed by atoms with Crippen LogP contribution >= 0.6 is 15.9 Å². The number of nitrogens with two attached hydrogens (primary N) is 1. The predicted octanol–water partition coefficient (Wildman–Crippen LogP) is 2.22. The molecule has 0 saturated carbocycles. The quantitative estimate of drug-likeness (QED) is 0.827. The van der Waals surface area contributed by atoms with Crippen LogP contribution in [-0.4, -0.2) is 9.78 Å². The second kappa shape index (κ2) is 3.22. The zero-order valence-electron chi connectivity index (χ0n) is 6.81. The van der Waals surface area contributed by atoms with Gasteiger partial charge in [0.25, 0.3) is 0 Å². The molecule has 3 nitrogen and oxygen atoms in total. The third-order valence-electron chi connectivity index (χ3n) is 1.68. The molecule has 1 aromatic carbocycles. The standard InChI is InChI=1S/C9H8BrN3/c10-7-2-1-3-9(4-7)13-6-8(11)5-12-13/h1-6H,11H2. The molecule has 1 aromatic heterocycles. The monoisotopic (exact) mass is 237 g/mol.